The van der Waals surface area contributed by atoms with Gasteiger partial charge in [-0.2, -0.15) is 25.8 Å². The standard InChI is InChI=1S/C65H64F3N3O6S2/c1-43(2)61-56(72)40-59(74)77-57(52(32-20-38-78)44-34-36-47(37-35-44)60(45-21-8-3-9-22-45)46-23-10-4-11-24-46)41-58(73)69-54(39-48-25-18-19-33-53(48)65(66,67)68)62(75)70-55(63(76)71-61)42-79-64(49-26-12-5-13-27-49,50-28-14-6-15-29-50)51-30-16-7-17-31-51/h3-19,21-37,43,54-57,60-61,72,78H,20,38-42H2,1-2H3,(H,69,73)(H,70,75)(H,71,76)/t54-,55-,56+,57+,61-/m1/s1. The van der Waals surface area contributed by atoms with Crippen molar-refractivity contribution in [2.24, 2.45) is 5.92 Å². The Kier molecular flexibility index (Phi) is 19.7. The first-order valence-corrected chi connectivity index (χ1v) is 28.0. The molecule has 79 heavy (non-hydrogen) atoms. The van der Waals surface area contributed by atoms with E-state index in [0.717, 1.165) is 39.4 Å². The Morgan fingerprint density at radius 1 is 0.633 bits per heavy atom. The molecule has 0 bridgehead atoms. The molecule has 0 radical (unpaired) electrons. The van der Waals surface area contributed by atoms with Gasteiger partial charge >= 0.3 is 12.1 Å². The van der Waals surface area contributed by atoms with E-state index < -0.39 is 95.7 Å². The maximum absolute atomic E-state index is 15.1. The number of carbonyl (C=O) groups excluding carboxylic acids is 4. The number of amides is 3. The summed E-state index contributed by atoms with van der Waals surface area (Å²) in [6.45, 7) is 3.53. The first-order valence-electron chi connectivity index (χ1n) is 26.4. The Morgan fingerprint density at radius 2 is 1.11 bits per heavy atom. The third-order valence-corrected chi connectivity index (χ3v) is 16.1. The number of hydrogen-bond donors (Lipinski definition) is 5. The van der Waals surface area contributed by atoms with E-state index in [1.54, 1.807) is 13.8 Å². The number of esters is 1. The summed E-state index contributed by atoms with van der Waals surface area (Å²) in [6, 6.07) is 57.5. The van der Waals surface area contributed by atoms with Crippen molar-refractivity contribution in [1.82, 2.24) is 16.0 Å². The van der Waals surface area contributed by atoms with Gasteiger partial charge in [-0.3, -0.25) is 19.2 Å². The number of thioether (sulfide) groups is 1. The van der Waals surface area contributed by atoms with Gasteiger partial charge in [-0.25, -0.2) is 0 Å². The van der Waals surface area contributed by atoms with Gasteiger partial charge in [0.2, 0.25) is 17.7 Å². The highest BCUT2D eigenvalue weighted by atomic mass is 32.2. The summed E-state index contributed by atoms with van der Waals surface area (Å²) in [7, 11) is 0. The van der Waals surface area contributed by atoms with E-state index in [9.17, 15) is 32.7 Å². The van der Waals surface area contributed by atoms with Gasteiger partial charge in [0.15, 0.2) is 0 Å². The average Bonchev–Trinajstić information content (AvgIpc) is 3.58. The van der Waals surface area contributed by atoms with Crippen molar-refractivity contribution >= 4 is 53.7 Å². The number of allylic oxidation sites excluding steroid dienone is 1. The highest BCUT2D eigenvalue weighted by molar-refractivity contribution is 8.00. The highest BCUT2D eigenvalue weighted by Crippen LogP contribution is 2.49. The SMILES string of the molecule is CC(C)[C@H]1NC(=O)[C@@H](CSC(c2ccccc2)(c2ccccc2)c2ccccc2)NC(=O)[C@@H](Cc2ccccc2C(F)(F)F)NC(=O)C[C@@H](C(=CCCS)c2ccc(C(c3ccccc3)c3ccccc3)cc2)OC(=O)C[C@@H]1O. The first-order chi connectivity index (χ1) is 38.2. The lowest BCUT2D eigenvalue weighted by Gasteiger charge is -2.37. The van der Waals surface area contributed by atoms with E-state index >= 15 is 4.79 Å². The Bertz CT molecular complexity index is 3010. The molecule has 408 valence electrons. The Balaban J connectivity index is 1.19. The van der Waals surface area contributed by atoms with Crippen molar-refractivity contribution < 1.29 is 42.2 Å². The van der Waals surface area contributed by atoms with Gasteiger partial charge in [0.05, 0.1) is 35.3 Å². The fraction of sp³-hybridized carbons (Fsp3) is 0.262. The number of nitrogens with one attached hydrogen (secondary N) is 3. The van der Waals surface area contributed by atoms with Gasteiger partial charge in [-0.05, 0) is 74.2 Å². The van der Waals surface area contributed by atoms with Crippen molar-refractivity contribution in [1.29, 1.82) is 0 Å². The average molecular weight is 1100 g/mol. The predicted molar refractivity (Wildman–Crippen MR) is 309 cm³/mol. The van der Waals surface area contributed by atoms with E-state index in [4.69, 9.17) is 4.74 Å². The molecule has 1 aliphatic rings. The number of carbonyl (C=O) groups is 4. The minimum atomic E-state index is -4.82. The molecule has 0 aromatic heterocycles. The molecule has 4 N–H and O–H groups in total. The van der Waals surface area contributed by atoms with Crippen LogP contribution in [0.5, 0.6) is 0 Å². The van der Waals surface area contributed by atoms with Gasteiger partial charge in [-0.15, -0.1) is 11.8 Å². The molecule has 1 saturated heterocycles. The molecule has 8 rings (SSSR count). The van der Waals surface area contributed by atoms with Crippen LogP contribution in [0.15, 0.2) is 206 Å². The largest absolute Gasteiger partial charge is 0.457 e. The van der Waals surface area contributed by atoms with Gasteiger partial charge in [-0.1, -0.05) is 214 Å². The Morgan fingerprint density at radius 3 is 1.62 bits per heavy atom. The predicted octanol–water partition coefficient (Wildman–Crippen LogP) is 11.7. The van der Waals surface area contributed by atoms with Gasteiger partial charge in [0.1, 0.15) is 18.2 Å². The van der Waals surface area contributed by atoms with E-state index in [-0.39, 0.29) is 17.2 Å². The maximum Gasteiger partial charge on any atom is 0.416 e. The number of thiol groups is 1. The van der Waals surface area contributed by atoms with Gasteiger partial charge < -0.3 is 25.8 Å². The third kappa shape index (κ3) is 14.5. The summed E-state index contributed by atoms with van der Waals surface area (Å²) >= 11 is 5.83. The second-order valence-electron chi connectivity index (χ2n) is 19.9. The summed E-state index contributed by atoms with van der Waals surface area (Å²) in [5.41, 5.74) is 5.45. The lowest BCUT2D eigenvalue weighted by atomic mass is 9.84. The Hall–Kier alpha value is -7.39. The number of halogens is 3. The van der Waals surface area contributed by atoms with E-state index in [0.29, 0.717) is 23.3 Å². The van der Waals surface area contributed by atoms with Crippen molar-refractivity contribution in [3.8, 4) is 0 Å². The number of cyclic esters (lactones) is 1. The zero-order valence-corrected chi connectivity index (χ0v) is 45.6. The highest BCUT2D eigenvalue weighted by Gasteiger charge is 2.41. The molecule has 0 saturated carbocycles. The van der Waals surface area contributed by atoms with Crippen LogP contribution in [0.25, 0.3) is 5.57 Å². The Labute approximate surface area is 469 Å². The van der Waals surface area contributed by atoms with Gasteiger partial charge in [0, 0.05) is 18.1 Å². The molecule has 7 aromatic rings. The van der Waals surface area contributed by atoms with E-state index in [1.165, 1.54) is 30.0 Å². The summed E-state index contributed by atoms with van der Waals surface area (Å²) < 4.78 is 49.3. The summed E-state index contributed by atoms with van der Waals surface area (Å²) in [5.74, 6) is -3.70. The molecule has 3 amide bonds. The van der Waals surface area contributed by atoms with Crippen LogP contribution in [0.4, 0.5) is 13.2 Å². The number of aliphatic hydroxyl groups excluding tert-OH is 1. The van der Waals surface area contributed by atoms with Crippen molar-refractivity contribution in [3.05, 3.63) is 256 Å². The molecule has 0 unspecified atom stereocenters. The zero-order valence-electron chi connectivity index (χ0n) is 43.9. The second-order valence-corrected chi connectivity index (χ2v) is 21.6. The van der Waals surface area contributed by atoms with Crippen LogP contribution in [0, 0.1) is 5.92 Å². The van der Waals surface area contributed by atoms with Crippen LogP contribution in [0.3, 0.4) is 0 Å². The molecule has 7 aromatic carbocycles. The molecule has 0 spiro atoms. The molecule has 1 heterocycles. The number of hydrogen-bond acceptors (Lipinski definition) is 8. The van der Waals surface area contributed by atoms with E-state index in [1.807, 2.05) is 158 Å². The second kappa shape index (κ2) is 27.0. The van der Waals surface area contributed by atoms with E-state index in [2.05, 4.69) is 52.8 Å². The lowest BCUT2D eigenvalue weighted by molar-refractivity contribution is -0.150. The fourth-order valence-corrected chi connectivity index (χ4v) is 12.0. The number of aliphatic hydroxyl groups is 1. The number of alkyl halides is 3. The molecule has 1 aliphatic heterocycles. The van der Waals surface area contributed by atoms with Crippen LogP contribution in [0.1, 0.15) is 89.1 Å². The molecule has 14 heteroatoms. The van der Waals surface area contributed by atoms with Crippen LogP contribution in [-0.2, 0) is 41.3 Å². The smallest absolute Gasteiger partial charge is 0.416 e. The molecular formula is C65H64F3N3O6S2. The third-order valence-electron chi connectivity index (χ3n) is 14.2. The number of ether oxygens (including phenoxy) is 1. The molecule has 1 fully saturated rings. The first kappa shape index (κ1) is 57.8. The summed E-state index contributed by atoms with van der Waals surface area (Å²) in [5, 5.41) is 20.4. The quantitative estimate of drug-likeness (QED) is 0.0370. The van der Waals surface area contributed by atoms with Crippen molar-refractivity contribution in [2.45, 2.75) is 86.7 Å². The topological polar surface area (TPSA) is 134 Å². The monoisotopic (exact) mass is 1100 g/mol. The molecule has 9 nitrogen and oxygen atoms in total. The molecule has 0 aliphatic carbocycles. The summed E-state index contributed by atoms with van der Waals surface area (Å²) in [4.78, 5) is 59.1. The normalized spacial score (nSPS) is 19.2. The fourth-order valence-electron chi connectivity index (χ4n) is 10.3. The van der Waals surface area contributed by atoms with Crippen molar-refractivity contribution in [3.63, 3.8) is 0 Å². The zero-order chi connectivity index (χ0) is 55.9. The number of rotatable bonds is 16. The van der Waals surface area contributed by atoms with Crippen LogP contribution >= 0.6 is 24.4 Å². The number of benzene rings is 7. The van der Waals surface area contributed by atoms with Crippen molar-refractivity contribution in [2.75, 3.05) is 11.5 Å². The minimum absolute atomic E-state index is 0.114. The molecule has 5 atom stereocenters. The van der Waals surface area contributed by atoms with Gasteiger partial charge in [0.25, 0.3) is 0 Å². The lowest BCUT2D eigenvalue weighted by Crippen LogP contribution is -2.58. The van der Waals surface area contributed by atoms with Crippen LogP contribution in [0.2, 0.25) is 0 Å². The van der Waals surface area contributed by atoms with Crippen LogP contribution < -0.4 is 16.0 Å². The van der Waals surface area contributed by atoms with Crippen LogP contribution in [-0.4, -0.2) is 70.6 Å². The molecular weight excluding hydrogens is 1040 g/mol. The minimum Gasteiger partial charge on any atom is -0.457 e. The summed E-state index contributed by atoms with van der Waals surface area (Å²) in [6.07, 6.45) is -7.22. The maximum atomic E-state index is 15.1.